The molecule has 2 atom stereocenters. The van der Waals surface area contributed by atoms with E-state index >= 15 is 0 Å². The summed E-state index contributed by atoms with van der Waals surface area (Å²) in [5.74, 6) is 1.20. The number of fused-ring (bicyclic) bond motifs is 3. The van der Waals surface area contributed by atoms with Gasteiger partial charge in [-0.1, -0.05) is 56.3 Å². The fraction of sp³-hybridized carbons (Fsp3) is 0.286. The van der Waals surface area contributed by atoms with Gasteiger partial charge >= 0.3 is 0 Å². The summed E-state index contributed by atoms with van der Waals surface area (Å²) in [4.78, 5) is 24.2. The van der Waals surface area contributed by atoms with Gasteiger partial charge in [0.05, 0.1) is 5.69 Å². The normalized spacial score (nSPS) is 19.3. The number of hydrogen-bond donors (Lipinski definition) is 0. The molecule has 0 aromatic heterocycles. The van der Waals surface area contributed by atoms with Crippen LogP contribution in [0.25, 0.3) is 0 Å². The molecular formula is C21H20FN3OS. The molecule has 0 aliphatic carbocycles. The fourth-order valence-electron chi connectivity index (χ4n) is 3.19. The lowest BCUT2D eigenvalue weighted by atomic mass is 10.00. The van der Waals surface area contributed by atoms with E-state index in [-0.39, 0.29) is 23.7 Å². The lowest BCUT2D eigenvalue weighted by Gasteiger charge is -2.26. The van der Waals surface area contributed by atoms with E-state index in [1.165, 1.54) is 23.9 Å². The zero-order valence-electron chi connectivity index (χ0n) is 15.2. The second-order valence-corrected chi connectivity index (χ2v) is 7.73. The van der Waals surface area contributed by atoms with Gasteiger partial charge in [-0.25, -0.2) is 14.3 Å². The summed E-state index contributed by atoms with van der Waals surface area (Å²) >= 11 is 1.47. The lowest BCUT2D eigenvalue weighted by molar-refractivity contribution is -0.125. The number of amidine groups is 2. The Labute approximate surface area is 162 Å². The minimum absolute atomic E-state index is 0.0146. The molecule has 6 heteroatoms. The summed E-state index contributed by atoms with van der Waals surface area (Å²) in [6.45, 7) is 4.13. The van der Waals surface area contributed by atoms with Crippen molar-refractivity contribution in [3.8, 4) is 0 Å². The standard InChI is InChI=1S/C21H20FN3OS/c1-3-13(2)18-20(26)25-19(24-18)16-6-4-5-7-17(16)23-21(25)27-12-14-8-10-15(22)11-9-14/h4-11,13,18H,3,12H2,1-2H3/t13-,18+/m0/s1. The van der Waals surface area contributed by atoms with Crippen LogP contribution < -0.4 is 0 Å². The van der Waals surface area contributed by atoms with Crippen LogP contribution in [0.15, 0.2) is 58.5 Å². The number of benzene rings is 2. The van der Waals surface area contributed by atoms with Crippen molar-refractivity contribution in [3.63, 3.8) is 0 Å². The van der Waals surface area contributed by atoms with Gasteiger partial charge in [0, 0.05) is 11.3 Å². The number of amides is 1. The summed E-state index contributed by atoms with van der Waals surface area (Å²) in [6.07, 6.45) is 0.887. The molecule has 0 saturated carbocycles. The summed E-state index contributed by atoms with van der Waals surface area (Å²) in [5, 5.41) is 0.632. The van der Waals surface area contributed by atoms with Gasteiger partial charge in [-0.15, -0.1) is 0 Å². The Morgan fingerprint density at radius 3 is 2.67 bits per heavy atom. The van der Waals surface area contributed by atoms with E-state index in [9.17, 15) is 9.18 Å². The molecule has 1 amide bonds. The first-order valence-electron chi connectivity index (χ1n) is 9.05. The number of carbonyl (C=O) groups is 1. The Morgan fingerprint density at radius 1 is 1.19 bits per heavy atom. The molecule has 2 aliphatic rings. The van der Waals surface area contributed by atoms with Crippen molar-refractivity contribution in [2.75, 3.05) is 0 Å². The van der Waals surface area contributed by atoms with E-state index in [0.717, 1.165) is 23.2 Å². The van der Waals surface area contributed by atoms with Gasteiger partial charge < -0.3 is 0 Å². The molecule has 0 unspecified atom stereocenters. The summed E-state index contributed by atoms with van der Waals surface area (Å²) in [5.41, 5.74) is 2.70. The lowest BCUT2D eigenvalue weighted by Crippen LogP contribution is -2.42. The van der Waals surface area contributed by atoms with Gasteiger partial charge in [0.2, 0.25) is 0 Å². The van der Waals surface area contributed by atoms with Gasteiger partial charge in [0.25, 0.3) is 5.91 Å². The average Bonchev–Trinajstić information content (AvgIpc) is 3.04. The van der Waals surface area contributed by atoms with Crippen molar-refractivity contribution in [2.24, 2.45) is 15.9 Å². The molecule has 0 N–H and O–H groups in total. The number of rotatable bonds is 4. The van der Waals surface area contributed by atoms with Crippen LogP contribution in [0.5, 0.6) is 0 Å². The minimum Gasteiger partial charge on any atom is -0.271 e. The molecule has 138 valence electrons. The molecule has 2 heterocycles. The number of aliphatic imine (C=N–C) groups is 2. The molecule has 27 heavy (non-hydrogen) atoms. The predicted octanol–water partition coefficient (Wildman–Crippen LogP) is 4.76. The topological polar surface area (TPSA) is 45.0 Å². The highest BCUT2D eigenvalue weighted by Crippen LogP contribution is 2.35. The van der Waals surface area contributed by atoms with E-state index in [1.54, 1.807) is 17.0 Å². The average molecular weight is 381 g/mol. The fourth-order valence-corrected chi connectivity index (χ4v) is 4.15. The first-order valence-corrected chi connectivity index (χ1v) is 10.0. The smallest absolute Gasteiger partial charge is 0.259 e. The number of nitrogens with zero attached hydrogens (tertiary/aromatic N) is 3. The number of para-hydroxylation sites is 1. The highest BCUT2D eigenvalue weighted by atomic mass is 32.2. The predicted molar refractivity (Wildman–Crippen MR) is 108 cm³/mol. The van der Waals surface area contributed by atoms with Crippen LogP contribution in [0.1, 0.15) is 31.4 Å². The van der Waals surface area contributed by atoms with Gasteiger partial charge in [0.15, 0.2) is 5.17 Å². The highest BCUT2D eigenvalue weighted by Gasteiger charge is 2.42. The van der Waals surface area contributed by atoms with Crippen LogP contribution in [0, 0.1) is 11.7 Å². The monoisotopic (exact) mass is 381 g/mol. The van der Waals surface area contributed by atoms with Crippen LogP contribution in [0.4, 0.5) is 10.1 Å². The van der Waals surface area contributed by atoms with Crippen molar-refractivity contribution in [1.29, 1.82) is 0 Å². The Hall–Kier alpha value is -2.47. The third-order valence-corrected chi connectivity index (χ3v) is 5.97. The number of carbonyl (C=O) groups excluding carboxylic acids is 1. The Balaban J connectivity index is 1.67. The second kappa shape index (κ2) is 7.27. The number of hydrogen-bond acceptors (Lipinski definition) is 4. The molecule has 4 nitrogen and oxygen atoms in total. The zero-order valence-corrected chi connectivity index (χ0v) is 16.0. The van der Waals surface area contributed by atoms with Gasteiger partial charge in [-0.3, -0.25) is 9.79 Å². The number of thioether (sulfide) groups is 1. The van der Waals surface area contributed by atoms with Crippen LogP contribution >= 0.6 is 11.8 Å². The van der Waals surface area contributed by atoms with E-state index in [4.69, 9.17) is 9.98 Å². The molecule has 2 aromatic carbocycles. The minimum atomic E-state index is -0.368. The Bertz CT molecular complexity index is 939. The maximum absolute atomic E-state index is 13.1. The molecule has 0 radical (unpaired) electrons. The van der Waals surface area contributed by atoms with Crippen molar-refractivity contribution in [1.82, 2.24) is 4.90 Å². The van der Waals surface area contributed by atoms with Gasteiger partial charge in [0.1, 0.15) is 17.7 Å². The van der Waals surface area contributed by atoms with Crippen LogP contribution in [-0.2, 0) is 10.5 Å². The summed E-state index contributed by atoms with van der Waals surface area (Å²) < 4.78 is 13.1. The van der Waals surface area contributed by atoms with Crippen LogP contribution in [-0.4, -0.2) is 27.9 Å². The van der Waals surface area contributed by atoms with Gasteiger partial charge in [-0.2, -0.15) is 0 Å². The molecule has 0 bridgehead atoms. The maximum Gasteiger partial charge on any atom is 0.259 e. The Morgan fingerprint density at radius 2 is 1.93 bits per heavy atom. The molecule has 2 aromatic rings. The van der Waals surface area contributed by atoms with E-state index in [2.05, 4.69) is 13.8 Å². The first-order chi connectivity index (χ1) is 13.1. The highest BCUT2D eigenvalue weighted by molar-refractivity contribution is 8.13. The maximum atomic E-state index is 13.1. The van der Waals surface area contributed by atoms with E-state index < -0.39 is 0 Å². The van der Waals surface area contributed by atoms with Crippen molar-refractivity contribution in [3.05, 3.63) is 65.5 Å². The van der Waals surface area contributed by atoms with Crippen molar-refractivity contribution < 1.29 is 9.18 Å². The largest absolute Gasteiger partial charge is 0.271 e. The second-order valence-electron chi connectivity index (χ2n) is 6.78. The first kappa shape index (κ1) is 17.9. The molecule has 0 fully saturated rings. The van der Waals surface area contributed by atoms with E-state index in [1.807, 2.05) is 24.3 Å². The summed E-state index contributed by atoms with van der Waals surface area (Å²) in [7, 11) is 0. The Kier molecular flexibility index (Phi) is 4.83. The SMILES string of the molecule is CC[C@H](C)[C@H]1N=C2c3ccccc3N=C(SCc3ccc(F)cc3)N2C1=O. The van der Waals surface area contributed by atoms with Crippen LogP contribution in [0.3, 0.4) is 0 Å². The van der Waals surface area contributed by atoms with Crippen molar-refractivity contribution >= 4 is 34.4 Å². The number of halogens is 1. The third kappa shape index (κ3) is 3.30. The molecule has 4 rings (SSSR count). The third-order valence-electron chi connectivity index (χ3n) is 4.96. The quantitative estimate of drug-likeness (QED) is 0.766. The molecule has 0 spiro atoms. The molecule has 0 saturated heterocycles. The zero-order chi connectivity index (χ0) is 19.0. The molecule has 2 aliphatic heterocycles. The van der Waals surface area contributed by atoms with Crippen molar-refractivity contribution in [2.45, 2.75) is 32.1 Å². The van der Waals surface area contributed by atoms with Gasteiger partial charge in [-0.05, 0) is 35.7 Å². The van der Waals surface area contributed by atoms with Crippen LogP contribution in [0.2, 0.25) is 0 Å². The van der Waals surface area contributed by atoms with E-state index in [0.29, 0.717) is 16.8 Å². The summed E-state index contributed by atoms with van der Waals surface area (Å²) in [6, 6.07) is 13.8. The molecular weight excluding hydrogens is 361 g/mol.